The molecule has 0 aromatic rings. The van der Waals surface area contributed by atoms with E-state index in [1.807, 2.05) is 25.2 Å². The molecule has 3 aliphatic rings. The van der Waals surface area contributed by atoms with Gasteiger partial charge in [0.25, 0.3) is 0 Å². The number of oxime groups is 1. The Morgan fingerprint density at radius 3 is 2.76 bits per heavy atom. The number of carbonyl (C=O) groups is 1. The highest BCUT2D eigenvalue weighted by atomic mass is 16.6. The molecule has 0 spiro atoms. The number of aliphatic hydroxyl groups is 1. The highest BCUT2D eigenvalue weighted by molar-refractivity contribution is 5.96. The van der Waals surface area contributed by atoms with Crippen molar-refractivity contribution in [2.45, 2.75) is 89.3 Å². The van der Waals surface area contributed by atoms with Crippen LogP contribution in [-0.4, -0.2) is 59.1 Å². The van der Waals surface area contributed by atoms with Gasteiger partial charge in [-0.1, -0.05) is 72.3 Å². The van der Waals surface area contributed by atoms with Crippen LogP contribution < -0.4 is 0 Å². The smallest absolute Gasteiger partial charge is 0.330 e. The molecule has 2 N–H and O–H groups in total. The molecule has 3 rings (SSSR count). The minimum atomic E-state index is -1.03. The van der Waals surface area contributed by atoms with Gasteiger partial charge in [-0.05, 0) is 51.0 Å². The fourth-order valence-corrected chi connectivity index (χ4v) is 4.84. The molecule has 7 nitrogen and oxygen atoms in total. The third-order valence-electron chi connectivity index (χ3n) is 6.72. The summed E-state index contributed by atoms with van der Waals surface area (Å²) in [5, 5.41) is 23.8. The summed E-state index contributed by atoms with van der Waals surface area (Å²) in [4.78, 5) is 12.6. The number of ether oxygens (including phenoxy) is 3. The number of hydrogen-bond acceptors (Lipinski definition) is 7. The van der Waals surface area contributed by atoms with Crippen molar-refractivity contribution in [1.29, 1.82) is 0 Å². The number of aliphatic hydroxyl groups excluding tert-OH is 1. The summed E-state index contributed by atoms with van der Waals surface area (Å²) < 4.78 is 17.5. The van der Waals surface area contributed by atoms with Crippen LogP contribution in [0.15, 0.2) is 77.6 Å². The molecule has 0 amide bonds. The molecule has 2 bridgehead atoms. The Hall–Kier alpha value is -2.74. The lowest BCUT2D eigenvalue weighted by atomic mass is 9.91. The van der Waals surface area contributed by atoms with Crippen molar-refractivity contribution in [3.05, 3.63) is 72.4 Å². The molecule has 3 aliphatic heterocycles. The van der Waals surface area contributed by atoms with E-state index in [4.69, 9.17) is 14.2 Å². The van der Waals surface area contributed by atoms with Gasteiger partial charge >= 0.3 is 5.97 Å². The van der Waals surface area contributed by atoms with E-state index in [0.29, 0.717) is 31.1 Å². The fraction of sp³-hybridized carbons (Fsp3) is 0.533. The Labute approximate surface area is 220 Å². The molecule has 0 unspecified atom stereocenters. The number of allylic oxidation sites excluding steroid dienone is 2. The zero-order valence-corrected chi connectivity index (χ0v) is 22.0. The SMILES string of the molecule is C=C1CC(=N\O)/C=C/C[C@@H]([C@@H](O)/C=C/[C@@H]2CC(C)=CCO2)OC(=O)/C=C\C[C@@H]2C=CC[C@@H](C[C@@H](C)C1)O2. The third kappa shape index (κ3) is 10.3. The minimum absolute atomic E-state index is 0.0922. The molecule has 0 aromatic heterocycles. The lowest BCUT2D eigenvalue weighted by Gasteiger charge is -2.28. The number of nitrogens with zero attached hydrogens (tertiary/aromatic N) is 1. The fourth-order valence-electron chi connectivity index (χ4n) is 4.84. The number of rotatable bonds is 3. The maximum Gasteiger partial charge on any atom is 0.330 e. The van der Waals surface area contributed by atoms with Crippen LogP contribution in [0.5, 0.6) is 0 Å². The molecular formula is C30H41NO6. The first-order valence-corrected chi connectivity index (χ1v) is 13.2. The number of fused-ring (bicyclic) bond motifs is 2. The number of esters is 1. The highest BCUT2D eigenvalue weighted by Gasteiger charge is 2.23. The molecular weight excluding hydrogens is 470 g/mol. The van der Waals surface area contributed by atoms with E-state index in [9.17, 15) is 15.1 Å². The lowest BCUT2D eigenvalue weighted by Crippen LogP contribution is -2.30. The third-order valence-corrected chi connectivity index (χ3v) is 6.72. The van der Waals surface area contributed by atoms with Crippen molar-refractivity contribution in [2.75, 3.05) is 6.61 Å². The minimum Gasteiger partial charge on any atom is -0.456 e. The molecule has 0 fully saturated rings. The van der Waals surface area contributed by atoms with E-state index < -0.39 is 18.2 Å². The number of cyclic esters (lactones) is 1. The second-order valence-electron chi connectivity index (χ2n) is 10.3. The van der Waals surface area contributed by atoms with Crippen LogP contribution in [0, 0.1) is 5.92 Å². The maximum atomic E-state index is 12.6. The average Bonchev–Trinajstić information content (AvgIpc) is 2.85. The van der Waals surface area contributed by atoms with Gasteiger partial charge in [0.2, 0.25) is 0 Å². The Morgan fingerprint density at radius 2 is 1.97 bits per heavy atom. The summed E-state index contributed by atoms with van der Waals surface area (Å²) >= 11 is 0. The van der Waals surface area contributed by atoms with E-state index >= 15 is 0 Å². The van der Waals surface area contributed by atoms with Crippen LogP contribution >= 0.6 is 0 Å². The molecule has 0 radical (unpaired) electrons. The first-order valence-electron chi connectivity index (χ1n) is 13.2. The van der Waals surface area contributed by atoms with Gasteiger partial charge in [0, 0.05) is 18.9 Å². The summed E-state index contributed by atoms with van der Waals surface area (Å²) in [5.41, 5.74) is 2.67. The second kappa shape index (κ2) is 14.9. The van der Waals surface area contributed by atoms with E-state index in [-0.39, 0.29) is 24.7 Å². The first-order chi connectivity index (χ1) is 17.8. The van der Waals surface area contributed by atoms with E-state index in [1.165, 1.54) is 11.6 Å². The van der Waals surface area contributed by atoms with Gasteiger partial charge in [0.15, 0.2) is 0 Å². The molecule has 0 saturated carbocycles. The van der Waals surface area contributed by atoms with Crippen LogP contribution in [0.3, 0.4) is 0 Å². The monoisotopic (exact) mass is 511 g/mol. The second-order valence-corrected chi connectivity index (χ2v) is 10.3. The zero-order valence-electron chi connectivity index (χ0n) is 22.0. The Balaban J connectivity index is 1.74. The summed E-state index contributed by atoms with van der Waals surface area (Å²) in [6, 6.07) is 0. The Bertz CT molecular complexity index is 959. The molecule has 37 heavy (non-hydrogen) atoms. The van der Waals surface area contributed by atoms with E-state index in [1.54, 1.807) is 24.3 Å². The zero-order chi connectivity index (χ0) is 26.6. The van der Waals surface area contributed by atoms with Gasteiger partial charge in [0.05, 0.1) is 30.6 Å². The highest BCUT2D eigenvalue weighted by Crippen LogP contribution is 2.25. The van der Waals surface area contributed by atoms with Gasteiger partial charge in [-0.15, -0.1) is 0 Å². The van der Waals surface area contributed by atoms with Crippen LogP contribution in [0.4, 0.5) is 0 Å². The molecule has 7 heteroatoms. The first kappa shape index (κ1) is 28.8. The van der Waals surface area contributed by atoms with Gasteiger partial charge in [0.1, 0.15) is 12.2 Å². The summed E-state index contributed by atoms with van der Waals surface area (Å²) in [6.45, 7) is 8.94. The Kier molecular flexibility index (Phi) is 11.6. The van der Waals surface area contributed by atoms with Crippen LogP contribution in [-0.2, 0) is 19.0 Å². The van der Waals surface area contributed by atoms with Crippen LogP contribution in [0.2, 0.25) is 0 Å². The quantitative estimate of drug-likeness (QED) is 0.229. The van der Waals surface area contributed by atoms with Crippen LogP contribution in [0.25, 0.3) is 0 Å². The van der Waals surface area contributed by atoms with E-state index in [0.717, 1.165) is 31.3 Å². The number of carbonyl (C=O) groups excluding carboxylic acids is 1. The average molecular weight is 512 g/mol. The van der Waals surface area contributed by atoms with Gasteiger partial charge in [-0.25, -0.2) is 4.79 Å². The van der Waals surface area contributed by atoms with Crippen molar-refractivity contribution in [3.63, 3.8) is 0 Å². The molecule has 6 atom stereocenters. The van der Waals surface area contributed by atoms with Gasteiger partial charge in [-0.3, -0.25) is 0 Å². The molecule has 3 heterocycles. The lowest BCUT2D eigenvalue weighted by molar-refractivity contribution is -0.147. The van der Waals surface area contributed by atoms with Gasteiger partial charge < -0.3 is 24.5 Å². The normalized spacial score (nSPS) is 34.3. The maximum absolute atomic E-state index is 12.6. The Morgan fingerprint density at radius 1 is 1.16 bits per heavy atom. The largest absolute Gasteiger partial charge is 0.456 e. The molecule has 202 valence electrons. The standard InChI is InChI=1S/C30H41NO6/c1-21-15-16-35-26(19-21)13-14-28(32)29-11-4-7-24(31-34)18-22(2)17-23(3)20-27-10-5-8-25(36-27)9-6-12-30(33)37-29/h4-8,12-15,23,25-29,32,34H,2,9-11,16-20H2,1,3H3/b7-4+,12-6-,14-13+,31-24-/t23-,25-,26+,27-,28-,29-/m0/s1. The van der Waals surface area contributed by atoms with Crippen molar-refractivity contribution in [2.24, 2.45) is 11.1 Å². The predicted octanol–water partition coefficient (Wildman–Crippen LogP) is 5.36. The number of hydrogen-bond donors (Lipinski definition) is 2. The van der Waals surface area contributed by atoms with Gasteiger partial charge in [-0.2, -0.15) is 0 Å². The van der Waals surface area contributed by atoms with Crippen molar-refractivity contribution in [3.8, 4) is 0 Å². The summed E-state index contributed by atoms with van der Waals surface area (Å²) in [6.07, 6.45) is 18.9. The summed E-state index contributed by atoms with van der Waals surface area (Å²) in [7, 11) is 0. The van der Waals surface area contributed by atoms with E-state index in [2.05, 4.69) is 24.7 Å². The van der Waals surface area contributed by atoms with Crippen molar-refractivity contribution < 1.29 is 29.3 Å². The van der Waals surface area contributed by atoms with Crippen LogP contribution in [0.1, 0.15) is 58.8 Å². The van der Waals surface area contributed by atoms with Crippen molar-refractivity contribution in [1.82, 2.24) is 0 Å². The van der Waals surface area contributed by atoms with Crippen molar-refractivity contribution >= 4 is 11.7 Å². The molecule has 0 aliphatic carbocycles. The summed E-state index contributed by atoms with van der Waals surface area (Å²) in [5.74, 6) is -0.161. The molecule has 0 saturated heterocycles. The topological polar surface area (TPSA) is 97.6 Å². The predicted molar refractivity (Wildman–Crippen MR) is 144 cm³/mol. The molecule has 0 aromatic carbocycles.